The topological polar surface area (TPSA) is 100 Å². The van der Waals surface area contributed by atoms with Crippen LogP contribution in [0.1, 0.15) is 29.3 Å². The van der Waals surface area contributed by atoms with Gasteiger partial charge in [0.1, 0.15) is 0 Å². The van der Waals surface area contributed by atoms with E-state index in [0.29, 0.717) is 28.0 Å². The van der Waals surface area contributed by atoms with Crippen LogP contribution in [0.25, 0.3) is 0 Å². The first-order chi connectivity index (χ1) is 13.0. The Labute approximate surface area is 165 Å². The lowest BCUT2D eigenvalue weighted by molar-refractivity contribution is -0.120. The van der Waals surface area contributed by atoms with E-state index >= 15 is 0 Å². The van der Waals surface area contributed by atoms with Crippen molar-refractivity contribution in [1.82, 2.24) is 10.7 Å². The molecule has 0 spiro atoms. The second-order valence-electron chi connectivity index (χ2n) is 5.44. The van der Waals surface area contributed by atoms with E-state index in [0.717, 1.165) is 0 Å². The molecule has 0 aliphatic carbocycles. The van der Waals surface area contributed by atoms with Crippen LogP contribution < -0.4 is 15.5 Å². The van der Waals surface area contributed by atoms with Crippen LogP contribution in [0.5, 0.6) is 11.5 Å². The summed E-state index contributed by atoms with van der Waals surface area (Å²) < 4.78 is 5.97. The highest BCUT2D eigenvalue weighted by molar-refractivity contribution is 9.10. The third kappa shape index (κ3) is 6.41. The van der Waals surface area contributed by atoms with Crippen LogP contribution in [0.4, 0.5) is 0 Å². The number of hydrazone groups is 1. The molecule has 7 nitrogen and oxygen atoms in total. The third-order valence-electron chi connectivity index (χ3n) is 3.44. The van der Waals surface area contributed by atoms with Crippen molar-refractivity contribution >= 4 is 34.0 Å². The van der Waals surface area contributed by atoms with Crippen LogP contribution in [0.15, 0.2) is 52.0 Å². The van der Waals surface area contributed by atoms with Gasteiger partial charge in [-0.3, -0.25) is 9.59 Å². The molecule has 2 rings (SSSR count). The summed E-state index contributed by atoms with van der Waals surface area (Å²) in [5.41, 5.74) is 3.56. The fourth-order valence-corrected chi connectivity index (χ4v) is 2.61. The number of phenols is 1. The van der Waals surface area contributed by atoms with E-state index in [1.807, 2.05) is 13.0 Å². The number of benzene rings is 2. The summed E-state index contributed by atoms with van der Waals surface area (Å²) in [6.45, 7) is 2.43. The molecule has 27 heavy (non-hydrogen) atoms. The molecule has 3 N–H and O–H groups in total. The minimum absolute atomic E-state index is 0.0406. The quantitative estimate of drug-likeness (QED) is 0.440. The van der Waals surface area contributed by atoms with Gasteiger partial charge in [-0.05, 0) is 58.7 Å². The molecule has 8 heteroatoms. The molecule has 0 bridgehead atoms. The Hall–Kier alpha value is -2.87. The molecule has 0 unspecified atom stereocenters. The first kappa shape index (κ1) is 20.4. The molecule has 0 atom stereocenters. The van der Waals surface area contributed by atoms with Crippen molar-refractivity contribution in [3.63, 3.8) is 0 Å². The van der Waals surface area contributed by atoms with Crippen molar-refractivity contribution in [3.05, 3.63) is 58.1 Å². The maximum Gasteiger partial charge on any atom is 0.252 e. The number of nitrogens with zero attached hydrogens (tertiary/aromatic N) is 1. The smallest absolute Gasteiger partial charge is 0.252 e. The predicted molar refractivity (Wildman–Crippen MR) is 106 cm³/mol. The van der Waals surface area contributed by atoms with Crippen LogP contribution in [0, 0.1) is 0 Å². The normalized spacial score (nSPS) is 10.6. The Balaban J connectivity index is 1.78. The number of rotatable bonds is 8. The molecule has 2 aromatic carbocycles. The highest BCUT2D eigenvalue weighted by atomic mass is 79.9. The minimum Gasteiger partial charge on any atom is -0.504 e. The van der Waals surface area contributed by atoms with Crippen molar-refractivity contribution in [2.75, 3.05) is 13.2 Å². The Morgan fingerprint density at radius 3 is 2.78 bits per heavy atom. The summed E-state index contributed by atoms with van der Waals surface area (Å²) in [7, 11) is 0. The third-order valence-corrected chi connectivity index (χ3v) is 4.13. The number of hydrogen-bond donors (Lipinski definition) is 3. The van der Waals surface area contributed by atoms with Gasteiger partial charge in [0.05, 0.1) is 18.4 Å². The van der Waals surface area contributed by atoms with Crippen LogP contribution in [-0.2, 0) is 4.79 Å². The average Bonchev–Trinajstić information content (AvgIpc) is 2.65. The number of halogens is 1. The van der Waals surface area contributed by atoms with Crippen LogP contribution in [0.2, 0.25) is 0 Å². The first-order valence-corrected chi connectivity index (χ1v) is 9.11. The molecule has 0 saturated heterocycles. The standard InChI is InChI=1S/C19H20BrN3O4/c1-2-27-17-11-13(7-8-16(17)24)12-22-23-18(25)9-10-21-19(26)14-5-3-4-6-15(14)20/h3-8,11-12,24H,2,9-10H2,1H3,(H,21,26)(H,23,25)/b22-12-. The molecule has 2 amide bonds. The van der Waals surface area contributed by atoms with Gasteiger partial charge in [0.15, 0.2) is 11.5 Å². The average molecular weight is 434 g/mol. The molecule has 0 radical (unpaired) electrons. The molecular formula is C19H20BrN3O4. The van der Waals surface area contributed by atoms with Gasteiger partial charge >= 0.3 is 0 Å². The molecule has 0 aliphatic rings. The fraction of sp³-hybridized carbons (Fsp3) is 0.211. The number of hydrogen-bond acceptors (Lipinski definition) is 5. The molecule has 0 fully saturated rings. The summed E-state index contributed by atoms with van der Waals surface area (Å²) in [5, 5.41) is 16.2. The number of ether oxygens (including phenoxy) is 1. The number of amides is 2. The SMILES string of the molecule is CCOc1cc(/C=N\NC(=O)CCNC(=O)c2ccccc2Br)ccc1O. The zero-order valence-corrected chi connectivity index (χ0v) is 16.3. The first-order valence-electron chi connectivity index (χ1n) is 8.31. The van der Waals surface area contributed by atoms with Gasteiger partial charge in [-0.15, -0.1) is 0 Å². The number of carbonyl (C=O) groups is 2. The van der Waals surface area contributed by atoms with E-state index in [-0.39, 0.29) is 30.5 Å². The van der Waals surface area contributed by atoms with E-state index in [9.17, 15) is 14.7 Å². The van der Waals surface area contributed by atoms with Gasteiger partial charge in [-0.2, -0.15) is 5.10 Å². The van der Waals surface area contributed by atoms with E-state index < -0.39 is 0 Å². The van der Waals surface area contributed by atoms with Gasteiger partial charge in [-0.1, -0.05) is 12.1 Å². The summed E-state index contributed by atoms with van der Waals surface area (Å²) in [4.78, 5) is 23.8. The zero-order valence-electron chi connectivity index (χ0n) is 14.7. The van der Waals surface area contributed by atoms with Crippen molar-refractivity contribution < 1.29 is 19.4 Å². The molecular weight excluding hydrogens is 414 g/mol. The summed E-state index contributed by atoms with van der Waals surface area (Å²) >= 11 is 3.31. The number of phenolic OH excluding ortho intramolecular Hbond substituents is 1. The van der Waals surface area contributed by atoms with Gasteiger partial charge in [0, 0.05) is 17.4 Å². The van der Waals surface area contributed by atoms with E-state index in [4.69, 9.17) is 4.74 Å². The number of carbonyl (C=O) groups excluding carboxylic acids is 2. The van der Waals surface area contributed by atoms with Crippen molar-refractivity contribution in [3.8, 4) is 11.5 Å². The maximum atomic E-state index is 12.0. The van der Waals surface area contributed by atoms with Crippen molar-refractivity contribution in [1.29, 1.82) is 0 Å². The monoisotopic (exact) mass is 433 g/mol. The van der Waals surface area contributed by atoms with E-state index in [1.54, 1.807) is 30.3 Å². The lowest BCUT2D eigenvalue weighted by Crippen LogP contribution is -2.29. The van der Waals surface area contributed by atoms with Gasteiger partial charge < -0.3 is 15.2 Å². The molecule has 0 aliphatic heterocycles. The Kier molecular flexibility index (Phi) is 7.81. The lowest BCUT2D eigenvalue weighted by Gasteiger charge is -2.06. The molecule has 0 aromatic heterocycles. The second kappa shape index (κ2) is 10.3. The van der Waals surface area contributed by atoms with Gasteiger partial charge in [-0.25, -0.2) is 5.43 Å². The maximum absolute atomic E-state index is 12.0. The Morgan fingerprint density at radius 1 is 1.26 bits per heavy atom. The van der Waals surface area contributed by atoms with Gasteiger partial charge in [0.2, 0.25) is 5.91 Å². The Morgan fingerprint density at radius 2 is 2.04 bits per heavy atom. The number of nitrogens with one attached hydrogen (secondary N) is 2. The van der Waals surface area contributed by atoms with Crippen LogP contribution in [0.3, 0.4) is 0 Å². The summed E-state index contributed by atoms with van der Waals surface area (Å²) in [6.07, 6.45) is 1.53. The largest absolute Gasteiger partial charge is 0.504 e. The molecule has 2 aromatic rings. The molecule has 0 saturated carbocycles. The van der Waals surface area contributed by atoms with Gasteiger partial charge in [0.25, 0.3) is 5.91 Å². The molecule has 0 heterocycles. The number of aromatic hydroxyl groups is 1. The van der Waals surface area contributed by atoms with Crippen molar-refractivity contribution in [2.24, 2.45) is 5.10 Å². The highest BCUT2D eigenvalue weighted by Gasteiger charge is 2.09. The van der Waals surface area contributed by atoms with Crippen LogP contribution >= 0.6 is 15.9 Å². The zero-order chi connectivity index (χ0) is 19.6. The second-order valence-corrected chi connectivity index (χ2v) is 6.29. The van der Waals surface area contributed by atoms with E-state index in [2.05, 4.69) is 31.8 Å². The summed E-state index contributed by atoms with van der Waals surface area (Å²) in [5.74, 6) is -0.199. The minimum atomic E-state index is -0.331. The van der Waals surface area contributed by atoms with E-state index in [1.165, 1.54) is 12.3 Å². The molecule has 142 valence electrons. The summed E-state index contributed by atoms with van der Waals surface area (Å²) in [6, 6.07) is 11.8. The van der Waals surface area contributed by atoms with Crippen molar-refractivity contribution in [2.45, 2.75) is 13.3 Å². The fourth-order valence-electron chi connectivity index (χ4n) is 2.15. The van der Waals surface area contributed by atoms with Crippen LogP contribution in [-0.4, -0.2) is 36.3 Å². The highest BCUT2D eigenvalue weighted by Crippen LogP contribution is 2.26. The lowest BCUT2D eigenvalue weighted by atomic mass is 10.2. The predicted octanol–water partition coefficient (Wildman–Crippen LogP) is 2.82. The Bertz CT molecular complexity index is 839.